The van der Waals surface area contributed by atoms with Crippen LogP contribution < -0.4 is 5.32 Å². The van der Waals surface area contributed by atoms with Crippen LogP contribution in [-0.4, -0.2) is 40.9 Å². The first-order valence-electron chi connectivity index (χ1n) is 10.4. The van der Waals surface area contributed by atoms with Gasteiger partial charge in [-0.2, -0.15) is 0 Å². The van der Waals surface area contributed by atoms with Crippen molar-refractivity contribution >= 4 is 17.8 Å². The normalized spacial score (nSPS) is 28.5. The Bertz CT molecular complexity index is 783. The summed E-state index contributed by atoms with van der Waals surface area (Å²) in [7, 11) is 0. The molecule has 2 fully saturated rings. The standard InChI is InChI=1S/C22H28N2O4/c25-20-8-7-19(21(26)23-20)17-5-6-18-13-24(10-9-16(18)11-17)12-14-1-3-15(4-2-14)22(27)28/h5-6,11,14-15,19H,1-4,7-10,12-13H2,(H,27,28)(H,23,25,26). The number of rotatable bonds is 4. The van der Waals surface area contributed by atoms with E-state index in [9.17, 15) is 14.4 Å². The van der Waals surface area contributed by atoms with E-state index in [0.29, 0.717) is 18.8 Å². The molecule has 1 aromatic carbocycles. The Morgan fingerprint density at radius 3 is 2.57 bits per heavy atom. The fourth-order valence-corrected chi connectivity index (χ4v) is 4.97. The highest BCUT2D eigenvalue weighted by atomic mass is 16.4. The number of hydrogen-bond acceptors (Lipinski definition) is 4. The molecule has 1 atom stereocenters. The molecule has 3 aliphatic rings. The maximum Gasteiger partial charge on any atom is 0.306 e. The summed E-state index contributed by atoms with van der Waals surface area (Å²) in [5.74, 6) is -0.760. The van der Waals surface area contributed by atoms with E-state index in [0.717, 1.165) is 57.3 Å². The van der Waals surface area contributed by atoms with Crippen molar-refractivity contribution in [2.24, 2.45) is 11.8 Å². The largest absolute Gasteiger partial charge is 0.481 e. The summed E-state index contributed by atoms with van der Waals surface area (Å²) in [6.45, 7) is 2.97. The molecule has 4 rings (SSSR count). The van der Waals surface area contributed by atoms with E-state index in [1.165, 1.54) is 11.1 Å². The minimum Gasteiger partial charge on any atom is -0.481 e. The van der Waals surface area contributed by atoms with E-state index in [4.69, 9.17) is 5.11 Å². The molecule has 0 aromatic heterocycles. The second kappa shape index (κ2) is 8.03. The quantitative estimate of drug-likeness (QED) is 0.779. The van der Waals surface area contributed by atoms with Crippen molar-refractivity contribution in [3.63, 3.8) is 0 Å². The molecule has 2 amide bonds. The minimum atomic E-state index is -0.642. The van der Waals surface area contributed by atoms with Crippen LogP contribution >= 0.6 is 0 Å². The smallest absolute Gasteiger partial charge is 0.306 e. The van der Waals surface area contributed by atoms with E-state index in [-0.39, 0.29) is 23.7 Å². The van der Waals surface area contributed by atoms with Crippen molar-refractivity contribution in [1.82, 2.24) is 10.2 Å². The van der Waals surface area contributed by atoms with Gasteiger partial charge in [0, 0.05) is 26.1 Å². The number of carboxylic acid groups (broad SMARTS) is 1. The maximum absolute atomic E-state index is 12.1. The first-order chi connectivity index (χ1) is 13.5. The minimum absolute atomic E-state index is 0.149. The zero-order valence-corrected chi connectivity index (χ0v) is 16.2. The van der Waals surface area contributed by atoms with Gasteiger partial charge >= 0.3 is 5.97 Å². The van der Waals surface area contributed by atoms with Crippen LogP contribution in [0.5, 0.6) is 0 Å². The molecule has 150 valence electrons. The average Bonchev–Trinajstić information content (AvgIpc) is 2.68. The Hall–Kier alpha value is -2.21. The van der Waals surface area contributed by atoms with Gasteiger partial charge in [-0.05, 0) is 61.1 Å². The van der Waals surface area contributed by atoms with Crippen LogP contribution in [0.15, 0.2) is 18.2 Å². The number of fused-ring (bicyclic) bond motifs is 1. The van der Waals surface area contributed by atoms with Crippen molar-refractivity contribution < 1.29 is 19.5 Å². The monoisotopic (exact) mass is 384 g/mol. The van der Waals surface area contributed by atoms with Crippen molar-refractivity contribution in [3.05, 3.63) is 34.9 Å². The summed E-state index contributed by atoms with van der Waals surface area (Å²) in [6.07, 6.45) is 5.60. The third-order valence-electron chi connectivity index (χ3n) is 6.68. The molecule has 28 heavy (non-hydrogen) atoms. The molecule has 1 aromatic rings. The lowest BCUT2D eigenvalue weighted by molar-refractivity contribution is -0.143. The zero-order chi connectivity index (χ0) is 19.7. The molecular formula is C22H28N2O4. The highest BCUT2D eigenvalue weighted by molar-refractivity contribution is 6.00. The molecule has 0 bridgehead atoms. The molecule has 2 heterocycles. The SMILES string of the molecule is O=C1CCC(c2ccc3c(c2)CCN(CC2CCC(C(=O)O)CC2)C3)C(=O)N1. The van der Waals surface area contributed by atoms with Gasteiger partial charge in [0.15, 0.2) is 0 Å². The number of piperidine rings is 1. The summed E-state index contributed by atoms with van der Waals surface area (Å²) < 4.78 is 0. The van der Waals surface area contributed by atoms with Gasteiger partial charge in [-0.25, -0.2) is 0 Å². The van der Waals surface area contributed by atoms with Gasteiger partial charge in [-0.1, -0.05) is 18.2 Å². The van der Waals surface area contributed by atoms with Crippen molar-refractivity contribution in [2.45, 2.75) is 57.4 Å². The molecule has 1 saturated heterocycles. The molecule has 6 heteroatoms. The van der Waals surface area contributed by atoms with Crippen molar-refractivity contribution in [1.29, 1.82) is 0 Å². The molecule has 0 radical (unpaired) electrons. The molecule has 1 unspecified atom stereocenters. The van der Waals surface area contributed by atoms with Crippen LogP contribution in [0.2, 0.25) is 0 Å². The number of nitrogens with one attached hydrogen (secondary N) is 1. The van der Waals surface area contributed by atoms with Crippen molar-refractivity contribution in [3.8, 4) is 0 Å². The van der Waals surface area contributed by atoms with E-state index in [2.05, 4.69) is 22.3 Å². The Morgan fingerprint density at radius 1 is 1.07 bits per heavy atom. The molecular weight excluding hydrogens is 356 g/mol. The van der Waals surface area contributed by atoms with Crippen LogP contribution in [0, 0.1) is 11.8 Å². The Kier molecular flexibility index (Phi) is 5.49. The fourth-order valence-electron chi connectivity index (χ4n) is 4.97. The number of benzene rings is 1. The van der Waals surface area contributed by atoms with E-state index >= 15 is 0 Å². The number of aliphatic carboxylic acids is 1. The van der Waals surface area contributed by atoms with Gasteiger partial charge in [0.25, 0.3) is 0 Å². The third-order valence-corrected chi connectivity index (χ3v) is 6.68. The Labute approximate surface area is 165 Å². The van der Waals surface area contributed by atoms with Crippen LogP contribution in [0.25, 0.3) is 0 Å². The summed E-state index contributed by atoms with van der Waals surface area (Å²) in [5.41, 5.74) is 3.65. The van der Waals surface area contributed by atoms with Crippen LogP contribution in [-0.2, 0) is 27.3 Å². The topological polar surface area (TPSA) is 86.7 Å². The Morgan fingerprint density at radius 2 is 1.86 bits per heavy atom. The van der Waals surface area contributed by atoms with Gasteiger partial charge in [0.2, 0.25) is 11.8 Å². The first-order valence-corrected chi connectivity index (χ1v) is 10.4. The van der Waals surface area contributed by atoms with Crippen LogP contribution in [0.4, 0.5) is 0 Å². The number of nitrogens with zero attached hydrogens (tertiary/aromatic N) is 1. The molecule has 1 saturated carbocycles. The average molecular weight is 384 g/mol. The van der Waals surface area contributed by atoms with Gasteiger partial charge < -0.3 is 5.11 Å². The molecule has 2 aliphatic heterocycles. The lowest BCUT2D eigenvalue weighted by Gasteiger charge is -2.34. The van der Waals surface area contributed by atoms with E-state index in [1.54, 1.807) is 0 Å². The Balaban J connectivity index is 1.35. The zero-order valence-electron chi connectivity index (χ0n) is 16.2. The summed E-state index contributed by atoms with van der Waals surface area (Å²) >= 11 is 0. The van der Waals surface area contributed by atoms with Gasteiger partial charge in [0.1, 0.15) is 0 Å². The van der Waals surface area contributed by atoms with Crippen molar-refractivity contribution in [2.75, 3.05) is 13.1 Å². The molecule has 1 aliphatic carbocycles. The van der Waals surface area contributed by atoms with Gasteiger partial charge in [-0.3, -0.25) is 24.6 Å². The summed E-state index contributed by atoms with van der Waals surface area (Å²) in [4.78, 5) is 37.1. The van der Waals surface area contributed by atoms with E-state index in [1.807, 2.05) is 6.07 Å². The fraction of sp³-hybridized carbons (Fsp3) is 0.591. The van der Waals surface area contributed by atoms with E-state index < -0.39 is 5.97 Å². The molecule has 6 nitrogen and oxygen atoms in total. The second-order valence-corrected chi connectivity index (χ2v) is 8.57. The third kappa shape index (κ3) is 4.12. The number of carbonyl (C=O) groups is 3. The number of carboxylic acids is 1. The lowest BCUT2D eigenvalue weighted by atomic mass is 9.81. The number of hydrogen-bond donors (Lipinski definition) is 2. The maximum atomic E-state index is 12.1. The molecule has 2 N–H and O–H groups in total. The second-order valence-electron chi connectivity index (χ2n) is 8.57. The number of carbonyl (C=O) groups excluding carboxylic acids is 2. The lowest BCUT2D eigenvalue weighted by Crippen LogP contribution is -2.39. The summed E-state index contributed by atoms with van der Waals surface area (Å²) in [5, 5.41) is 11.6. The van der Waals surface area contributed by atoms with Crippen LogP contribution in [0.1, 0.15) is 61.1 Å². The van der Waals surface area contributed by atoms with Crippen LogP contribution in [0.3, 0.4) is 0 Å². The highest BCUT2D eigenvalue weighted by Crippen LogP contribution is 2.32. The summed E-state index contributed by atoms with van der Waals surface area (Å²) in [6, 6.07) is 6.34. The van der Waals surface area contributed by atoms with Gasteiger partial charge in [0.05, 0.1) is 11.8 Å². The first kappa shape index (κ1) is 19.1. The highest BCUT2D eigenvalue weighted by Gasteiger charge is 2.30. The predicted molar refractivity (Wildman–Crippen MR) is 104 cm³/mol. The molecule has 0 spiro atoms. The number of amides is 2. The van der Waals surface area contributed by atoms with Gasteiger partial charge in [-0.15, -0.1) is 0 Å². The predicted octanol–water partition coefficient (Wildman–Crippen LogP) is 2.46. The number of imide groups is 1.